The predicted octanol–water partition coefficient (Wildman–Crippen LogP) is 3.65. The van der Waals surface area contributed by atoms with Crippen LogP contribution in [0.25, 0.3) is 0 Å². The van der Waals surface area contributed by atoms with E-state index in [4.69, 9.17) is 11.8 Å². The summed E-state index contributed by atoms with van der Waals surface area (Å²) in [6, 6.07) is 18.6. The van der Waals surface area contributed by atoms with Gasteiger partial charge in [-0.25, -0.2) is 0 Å². The van der Waals surface area contributed by atoms with Crippen LogP contribution in [-0.4, -0.2) is 0 Å². The highest BCUT2D eigenvalue weighted by atomic mass is 32.9. The third kappa shape index (κ3) is 3.69. The summed E-state index contributed by atoms with van der Waals surface area (Å²) in [6.07, 6.45) is 0. The lowest BCUT2D eigenvalue weighted by atomic mass is 10.2. The minimum Gasteiger partial charge on any atom is -0.273 e. The van der Waals surface area contributed by atoms with Crippen molar-refractivity contribution in [3.63, 3.8) is 0 Å². The molecule has 0 fully saturated rings. The number of nitrogens with one attached hydrogen (secondary N) is 1. The minimum atomic E-state index is -1.95. The SMILES string of the molecule is Cc1ccc(P(=S)(S)NCc2ccccc2)cc1. The molecule has 4 heteroatoms. The number of hydrogen-bond acceptors (Lipinski definition) is 1. The molecule has 0 saturated heterocycles. The molecule has 0 spiro atoms. The molecule has 1 nitrogen and oxygen atoms in total. The molecular formula is C14H16NPS2. The van der Waals surface area contributed by atoms with E-state index in [0.29, 0.717) is 0 Å². The van der Waals surface area contributed by atoms with Gasteiger partial charge in [0, 0.05) is 11.8 Å². The molecule has 0 aliphatic rings. The fourth-order valence-corrected chi connectivity index (χ4v) is 3.94. The number of benzene rings is 2. The monoisotopic (exact) mass is 293 g/mol. The van der Waals surface area contributed by atoms with Gasteiger partial charge in [-0.1, -0.05) is 72.0 Å². The smallest absolute Gasteiger partial charge is 0.0900 e. The van der Waals surface area contributed by atoms with Crippen molar-refractivity contribution >= 4 is 34.8 Å². The fourth-order valence-electron chi connectivity index (χ4n) is 1.63. The molecule has 0 aromatic heterocycles. The Kier molecular flexibility index (Phi) is 4.63. The molecule has 0 bridgehead atoms. The Hall–Kier alpha value is -0.600. The first-order valence-corrected chi connectivity index (χ1v) is 9.72. The molecule has 0 heterocycles. The van der Waals surface area contributed by atoms with Crippen LogP contribution in [0.2, 0.25) is 0 Å². The van der Waals surface area contributed by atoms with Crippen molar-refractivity contribution in [1.82, 2.24) is 5.09 Å². The maximum atomic E-state index is 5.62. The van der Waals surface area contributed by atoms with Crippen LogP contribution >= 0.6 is 17.6 Å². The number of hydrogen-bond donors (Lipinski definition) is 2. The van der Waals surface area contributed by atoms with Gasteiger partial charge in [0.2, 0.25) is 0 Å². The third-order valence-corrected chi connectivity index (χ3v) is 6.45. The van der Waals surface area contributed by atoms with Gasteiger partial charge in [-0.15, -0.1) is 12.2 Å². The highest BCUT2D eigenvalue weighted by Gasteiger charge is 2.13. The summed E-state index contributed by atoms with van der Waals surface area (Å²) in [6.45, 7) is 2.83. The molecule has 94 valence electrons. The Morgan fingerprint density at radius 1 is 1.06 bits per heavy atom. The van der Waals surface area contributed by atoms with E-state index >= 15 is 0 Å². The lowest BCUT2D eigenvalue weighted by Crippen LogP contribution is -2.15. The van der Waals surface area contributed by atoms with E-state index in [-0.39, 0.29) is 0 Å². The first-order chi connectivity index (χ1) is 8.58. The molecule has 18 heavy (non-hydrogen) atoms. The molecule has 2 aromatic carbocycles. The summed E-state index contributed by atoms with van der Waals surface area (Å²) in [5.74, 6) is 0. The molecular weight excluding hydrogens is 277 g/mol. The molecule has 0 aliphatic heterocycles. The van der Waals surface area contributed by atoms with Gasteiger partial charge in [0.1, 0.15) is 0 Å². The molecule has 0 aliphatic carbocycles. The van der Waals surface area contributed by atoms with Crippen LogP contribution in [0.1, 0.15) is 11.1 Å². The summed E-state index contributed by atoms with van der Waals surface area (Å²) in [5.41, 5.74) is 2.47. The topological polar surface area (TPSA) is 12.0 Å². The van der Waals surface area contributed by atoms with E-state index < -0.39 is 5.39 Å². The number of thiol groups is 1. The lowest BCUT2D eigenvalue weighted by molar-refractivity contribution is 0.970. The van der Waals surface area contributed by atoms with Crippen molar-refractivity contribution in [2.45, 2.75) is 13.5 Å². The maximum absolute atomic E-state index is 5.62. The number of aryl methyl sites for hydroxylation is 1. The van der Waals surface area contributed by atoms with Crippen LogP contribution in [-0.2, 0) is 18.4 Å². The van der Waals surface area contributed by atoms with Gasteiger partial charge in [0.05, 0.1) is 5.39 Å². The molecule has 0 amide bonds. The van der Waals surface area contributed by atoms with Crippen molar-refractivity contribution in [1.29, 1.82) is 0 Å². The van der Waals surface area contributed by atoms with Gasteiger partial charge in [0.25, 0.3) is 0 Å². The second-order valence-corrected chi connectivity index (χ2v) is 10.5. The molecule has 2 aromatic rings. The van der Waals surface area contributed by atoms with Crippen molar-refractivity contribution in [3.8, 4) is 0 Å². The van der Waals surface area contributed by atoms with E-state index in [1.807, 2.05) is 18.2 Å². The fraction of sp³-hybridized carbons (Fsp3) is 0.143. The summed E-state index contributed by atoms with van der Waals surface area (Å²) in [5, 5.41) is 2.56. The zero-order valence-corrected chi connectivity index (χ0v) is 12.8. The van der Waals surface area contributed by atoms with E-state index in [2.05, 4.69) is 60.7 Å². The van der Waals surface area contributed by atoms with E-state index in [1.165, 1.54) is 11.1 Å². The lowest BCUT2D eigenvalue weighted by Gasteiger charge is -2.18. The zero-order valence-electron chi connectivity index (χ0n) is 10.2. The van der Waals surface area contributed by atoms with Crippen LogP contribution in [0.4, 0.5) is 0 Å². The predicted molar refractivity (Wildman–Crippen MR) is 87.4 cm³/mol. The summed E-state index contributed by atoms with van der Waals surface area (Å²) < 4.78 is 0. The highest BCUT2D eigenvalue weighted by molar-refractivity contribution is 8.65. The second-order valence-electron chi connectivity index (χ2n) is 4.23. The van der Waals surface area contributed by atoms with Crippen LogP contribution in [0.3, 0.4) is 0 Å². The van der Waals surface area contributed by atoms with E-state index in [1.54, 1.807) is 0 Å². The number of rotatable bonds is 4. The van der Waals surface area contributed by atoms with Crippen molar-refractivity contribution < 1.29 is 0 Å². The summed E-state index contributed by atoms with van der Waals surface area (Å²) in [7, 11) is 0. The standard InChI is InChI=1S/C14H16NPS2/c1-12-7-9-14(10-8-12)16(17,18)15-11-13-5-3-2-4-6-13/h2-10H,11H2,1H3,(H2,15,17,18). The van der Waals surface area contributed by atoms with Crippen LogP contribution in [0.15, 0.2) is 54.6 Å². The van der Waals surface area contributed by atoms with Crippen LogP contribution in [0, 0.1) is 6.92 Å². The van der Waals surface area contributed by atoms with Crippen LogP contribution < -0.4 is 10.4 Å². The molecule has 0 radical (unpaired) electrons. The first-order valence-electron chi connectivity index (χ1n) is 5.77. The maximum Gasteiger partial charge on any atom is 0.0900 e. The third-order valence-electron chi connectivity index (χ3n) is 2.72. The molecule has 0 saturated carbocycles. The molecule has 1 atom stereocenters. The average Bonchev–Trinajstić information content (AvgIpc) is 2.38. The summed E-state index contributed by atoms with van der Waals surface area (Å²) >= 11 is 10.3. The van der Waals surface area contributed by atoms with Gasteiger partial charge < -0.3 is 0 Å². The average molecular weight is 293 g/mol. The normalized spacial score (nSPS) is 14.1. The van der Waals surface area contributed by atoms with Crippen molar-refractivity contribution in [2.24, 2.45) is 0 Å². The van der Waals surface area contributed by atoms with Gasteiger partial charge in [0.15, 0.2) is 0 Å². The van der Waals surface area contributed by atoms with Gasteiger partial charge >= 0.3 is 0 Å². The van der Waals surface area contributed by atoms with Gasteiger partial charge in [-0.2, -0.15) is 0 Å². The largest absolute Gasteiger partial charge is 0.273 e. The van der Waals surface area contributed by atoms with E-state index in [9.17, 15) is 0 Å². The molecule has 1 N–H and O–H groups in total. The van der Waals surface area contributed by atoms with Gasteiger partial charge in [-0.3, -0.25) is 5.09 Å². The quantitative estimate of drug-likeness (QED) is 0.659. The Balaban J connectivity index is 2.08. The summed E-state index contributed by atoms with van der Waals surface area (Å²) in [4.78, 5) is 0. The highest BCUT2D eigenvalue weighted by Crippen LogP contribution is 2.45. The van der Waals surface area contributed by atoms with Crippen molar-refractivity contribution in [2.75, 3.05) is 0 Å². The Morgan fingerprint density at radius 3 is 2.28 bits per heavy atom. The van der Waals surface area contributed by atoms with Crippen molar-refractivity contribution in [3.05, 3.63) is 65.7 Å². The van der Waals surface area contributed by atoms with E-state index in [0.717, 1.165) is 11.8 Å². The van der Waals surface area contributed by atoms with Crippen LogP contribution in [0.5, 0.6) is 0 Å². The second kappa shape index (κ2) is 6.03. The Labute approximate surface area is 119 Å². The van der Waals surface area contributed by atoms with Gasteiger partial charge in [-0.05, 0) is 12.5 Å². The molecule has 1 unspecified atom stereocenters. The molecule has 2 rings (SSSR count). The Bertz CT molecular complexity index is 552. The minimum absolute atomic E-state index is 0.759. The first kappa shape index (κ1) is 13.8. The zero-order chi connectivity index (χ0) is 13.0. The Morgan fingerprint density at radius 2 is 1.67 bits per heavy atom.